The molecule has 0 spiro atoms. The van der Waals surface area contributed by atoms with Crippen LogP contribution in [0.4, 0.5) is 0 Å². The second-order valence-corrected chi connectivity index (χ2v) is 10.5. The summed E-state index contributed by atoms with van der Waals surface area (Å²) in [6, 6.07) is 1.73. The van der Waals surface area contributed by atoms with Gasteiger partial charge in [0, 0.05) is 36.4 Å². The summed E-state index contributed by atoms with van der Waals surface area (Å²) < 4.78 is 29.2. The number of pyridine rings is 2. The number of hydrogen-bond acceptors (Lipinski definition) is 6. The molecule has 1 atom stereocenters. The molecule has 8 nitrogen and oxygen atoms in total. The van der Waals surface area contributed by atoms with Gasteiger partial charge in [0.05, 0.1) is 16.2 Å². The summed E-state index contributed by atoms with van der Waals surface area (Å²) in [7, 11) is -3.05. The third-order valence-electron chi connectivity index (χ3n) is 5.81. The van der Waals surface area contributed by atoms with Gasteiger partial charge in [-0.2, -0.15) is 0 Å². The number of fused-ring (bicyclic) bond motifs is 1. The van der Waals surface area contributed by atoms with Crippen LogP contribution >= 0.6 is 11.6 Å². The van der Waals surface area contributed by atoms with Gasteiger partial charge >= 0.3 is 0 Å². The van der Waals surface area contributed by atoms with Gasteiger partial charge in [-0.15, -0.1) is 0 Å². The van der Waals surface area contributed by atoms with Gasteiger partial charge in [0.15, 0.2) is 9.84 Å². The predicted octanol–water partition coefficient (Wildman–Crippen LogP) is 4.17. The molecule has 0 N–H and O–H groups in total. The molecule has 148 valence electrons. The van der Waals surface area contributed by atoms with Crippen LogP contribution in [0.15, 0.2) is 23.6 Å². The average Bonchev–Trinajstić information content (AvgIpc) is 3.41. The molecule has 2 aromatic heterocycles. The molecule has 0 amide bonds. The molecule has 0 bridgehead atoms. The number of nitrogens with zero attached hydrogens (tertiary/aromatic N) is 5. The smallest absolute Gasteiger partial charge is 0.223 e. The number of azide groups is 1. The molecule has 2 aromatic rings. The predicted molar refractivity (Wildman–Crippen MR) is 106 cm³/mol. The van der Waals surface area contributed by atoms with Gasteiger partial charge in [0.1, 0.15) is 11.3 Å². The van der Waals surface area contributed by atoms with Gasteiger partial charge in [0.25, 0.3) is 0 Å². The first-order chi connectivity index (χ1) is 13.2. The summed E-state index contributed by atoms with van der Waals surface area (Å²) in [5.41, 5.74) is 9.17. The molecular weight excluding hydrogens is 402 g/mol. The molecule has 10 heteroatoms. The monoisotopic (exact) mass is 421 g/mol. The zero-order valence-corrected chi connectivity index (χ0v) is 17.1. The molecular formula is C18H20ClN5O3S. The lowest BCUT2D eigenvalue weighted by molar-refractivity contribution is 0.119. The summed E-state index contributed by atoms with van der Waals surface area (Å²) in [5, 5.41) is 5.51. The first-order valence-corrected chi connectivity index (χ1v) is 11.4. The van der Waals surface area contributed by atoms with E-state index in [1.54, 1.807) is 18.5 Å². The van der Waals surface area contributed by atoms with Crippen LogP contribution in [0.3, 0.4) is 0 Å². The lowest BCUT2D eigenvalue weighted by Crippen LogP contribution is -2.42. The molecule has 0 radical (unpaired) electrons. The van der Waals surface area contributed by atoms with Crippen molar-refractivity contribution in [3.05, 3.63) is 39.6 Å². The first-order valence-electron chi connectivity index (χ1n) is 9.09. The van der Waals surface area contributed by atoms with Crippen molar-refractivity contribution in [2.45, 2.75) is 49.5 Å². The van der Waals surface area contributed by atoms with Crippen LogP contribution in [0, 0.1) is 5.92 Å². The maximum atomic E-state index is 11.6. The fourth-order valence-electron chi connectivity index (χ4n) is 3.80. The Balaban J connectivity index is 1.72. The average molecular weight is 422 g/mol. The van der Waals surface area contributed by atoms with Crippen molar-refractivity contribution in [1.29, 1.82) is 0 Å². The second-order valence-electron chi connectivity index (χ2n) is 7.80. The van der Waals surface area contributed by atoms with Crippen LogP contribution in [-0.4, -0.2) is 36.0 Å². The summed E-state index contributed by atoms with van der Waals surface area (Å²) in [6.45, 7) is 1.92. The molecule has 4 rings (SSSR count). The van der Waals surface area contributed by atoms with Crippen molar-refractivity contribution < 1.29 is 13.2 Å². The van der Waals surface area contributed by atoms with Crippen LogP contribution in [0.1, 0.15) is 38.2 Å². The van der Waals surface area contributed by atoms with Crippen LogP contribution in [0.25, 0.3) is 21.2 Å². The number of halogens is 1. The minimum Gasteiger partial charge on any atom is -0.474 e. The molecule has 2 aliphatic rings. The van der Waals surface area contributed by atoms with Crippen LogP contribution < -0.4 is 4.74 Å². The van der Waals surface area contributed by atoms with E-state index in [0.717, 1.165) is 23.8 Å². The highest BCUT2D eigenvalue weighted by molar-refractivity contribution is 7.91. The van der Waals surface area contributed by atoms with E-state index in [2.05, 4.69) is 20.0 Å². The Labute approximate surface area is 167 Å². The van der Waals surface area contributed by atoms with Crippen molar-refractivity contribution in [3.8, 4) is 5.88 Å². The van der Waals surface area contributed by atoms with Crippen molar-refractivity contribution in [3.63, 3.8) is 0 Å². The Morgan fingerprint density at radius 3 is 2.61 bits per heavy atom. The Morgan fingerprint density at radius 2 is 2.00 bits per heavy atom. The number of aromatic nitrogens is 2. The third kappa shape index (κ3) is 3.38. The van der Waals surface area contributed by atoms with Crippen LogP contribution in [0.2, 0.25) is 5.15 Å². The van der Waals surface area contributed by atoms with E-state index < -0.39 is 15.4 Å². The highest BCUT2D eigenvalue weighted by atomic mass is 35.5. The summed E-state index contributed by atoms with van der Waals surface area (Å²) in [4.78, 5) is 11.7. The highest BCUT2D eigenvalue weighted by Crippen LogP contribution is 2.50. The Morgan fingerprint density at radius 1 is 1.29 bits per heavy atom. The maximum absolute atomic E-state index is 11.6. The van der Waals surface area contributed by atoms with Crippen molar-refractivity contribution in [1.82, 2.24) is 9.97 Å². The quantitative estimate of drug-likeness (QED) is 0.300. The molecule has 2 fully saturated rings. The van der Waals surface area contributed by atoms with Crippen LogP contribution in [0.5, 0.6) is 5.88 Å². The fraction of sp³-hybridized carbons (Fsp3) is 0.556. The standard InChI is InChI=1S/C18H20ClN5O3S/c1-18(23-24-20,10-3-4-10)15-9-22-17(14-8-21-16(19)7-13(14)15)27-11-5-12(6-11)28(2,25)26/h7-12H,3-6H2,1-2H3/t11?,12?,18-/m1/s1. The van der Waals surface area contributed by atoms with Gasteiger partial charge in [0.2, 0.25) is 5.88 Å². The molecule has 28 heavy (non-hydrogen) atoms. The first kappa shape index (κ1) is 19.2. The Hall–Kier alpha value is -2.09. The topological polar surface area (TPSA) is 118 Å². The lowest BCUT2D eigenvalue weighted by Gasteiger charge is -2.34. The van der Waals surface area contributed by atoms with Gasteiger partial charge in [-0.3, -0.25) is 0 Å². The van der Waals surface area contributed by atoms with E-state index in [4.69, 9.17) is 21.9 Å². The molecule has 0 unspecified atom stereocenters. The Kier molecular flexibility index (Phi) is 4.64. The summed E-state index contributed by atoms with van der Waals surface area (Å²) >= 11 is 6.14. The van der Waals surface area contributed by atoms with Gasteiger partial charge in [-0.25, -0.2) is 18.4 Å². The molecule has 0 aromatic carbocycles. The Bertz CT molecular complexity index is 1090. The molecule has 2 heterocycles. The van der Waals surface area contributed by atoms with Crippen molar-refractivity contribution in [2.75, 3.05) is 6.26 Å². The molecule has 2 aliphatic carbocycles. The summed E-state index contributed by atoms with van der Waals surface area (Å²) in [5.74, 6) is 0.646. The molecule has 0 aliphatic heterocycles. The van der Waals surface area contributed by atoms with E-state index in [1.165, 1.54) is 6.26 Å². The SMILES string of the molecule is C[C@](N=[N+]=[N-])(c1cnc(OC2CC(S(C)(=O)=O)C2)c2cnc(Cl)cc12)C1CC1. The fourth-order valence-corrected chi connectivity index (χ4v) is 5.08. The minimum atomic E-state index is -3.05. The largest absolute Gasteiger partial charge is 0.474 e. The molecule has 0 saturated heterocycles. The van der Waals surface area contributed by atoms with Gasteiger partial charge < -0.3 is 4.74 Å². The van der Waals surface area contributed by atoms with E-state index in [-0.39, 0.29) is 17.3 Å². The van der Waals surface area contributed by atoms with E-state index >= 15 is 0 Å². The number of ether oxygens (including phenoxy) is 1. The third-order valence-corrected chi connectivity index (χ3v) is 7.61. The van der Waals surface area contributed by atoms with E-state index in [0.29, 0.717) is 29.3 Å². The van der Waals surface area contributed by atoms with Crippen LogP contribution in [-0.2, 0) is 15.4 Å². The minimum absolute atomic E-state index is 0.205. The zero-order chi connectivity index (χ0) is 20.1. The zero-order valence-electron chi connectivity index (χ0n) is 15.5. The number of hydrogen-bond donors (Lipinski definition) is 0. The molecule has 2 saturated carbocycles. The van der Waals surface area contributed by atoms with Gasteiger partial charge in [-0.1, -0.05) is 16.7 Å². The number of rotatable bonds is 6. The van der Waals surface area contributed by atoms with Gasteiger partial charge in [-0.05, 0) is 48.2 Å². The second kappa shape index (κ2) is 6.76. The lowest BCUT2D eigenvalue weighted by atomic mass is 9.86. The van der Waals surface area contributed by atoms with E-state index in [1.807, 2.05) is 6.92 Å². The normalized spacial score (nSPS) is 24.1. The van der Waals surface area contributed by atoms with E-state index in [9.17, 15) is 8.42 Å². The summed E-state index contributed by atoms with van der Waals surface area (Å²) in [6.07, 6.45) is 7.19. The maximum Gasteiger partial charge on any atom is 0.223 e. The highest BCUT2D eigenvalue weighted by Gasteiger charge is 2.44. The van der Waals surface area contributed by atoms with Crippen molar-refractivity contribution in [2.24, 2.45) is 11.0 Å². The van der Waals surface area contributed by atoms with Crippen molar-refractivity contribution >= 4 is 32.2 Å². The number of sulfone groups is 1.